The highest BCUT2D eigenvalue weighted by atomic mass is 16.5. The molecular formula is C28H33N5O2. The Bertz CT molecular complexity index is 1130. The first-order valence-electron chi connectivity index (χ1n) is 12.4. The Kier molecular flexibility index (Phi) is 7.56. The van der Waals surface area contributed by atoms with Crippen molar-refractivity contribution in [2.75, 3.05) is 37.7 Å². The number of nitrogens with one attached hydrogen (secondary N) is 2. The summed E-state index contributed by atoms with van der Waals surface area (Å²) in [7, 11) is 0. The minimum atomic E-state index is -0.180. The van der Waals surface area contributed by atoms with E-state index in [9.17, 15) is 4.79 Å². The van der Waals surface area contributed by atoms with Gasteiger partial charge >= 0.3 is 6.03 Å². The fourth-order valence-corrected chi connectivity index (χ4v) is 4.68. The fourth-order valence-electron chi connectivity index (χ4n) is 4.68. The van der Waals surface area contributed by atoms with Gasteiger partial charge in [0.2, 0.25) is 0 Å². The molecular weight excluding hydrogens is 438 g/mol. The van der Waals surface area contributed by atoms with Gasteiger partial charge in [-0.3, -0.25) is 4.90 Å². The molecule has 2 aromatic carbocycles. The SMILES string of the molecule is O=C(NCc1ccc(N2CCc3ccccc3C2)nc1)NCc1cccc(CN2CCOCC2)c1. The normalized spacial score (nSPS) is 15.9. The van der Waals surface area contributed by atoms with Crippen LogP contribution in [-0.2, 0) is 37.3 Å². The first-order valence-corrected chi connectivity index (χ1v) is 12.4. The number of urea groups is 1. The van der Waals surface area contributed by atoms with Crippen molar-refractivity contribution in [3.8, 4) is 0 Å². The topological polar surface area (TPSA) is 69.7 Å². The Labute approximate surface area is 207 Å². The number of amides is 2. The van der Waals surface area contributed by atoms with Crippen LogP contribution in [0, 0.1) is 0 Å². The third kappa shape index (κ3) is 6.38. The van der Waals surface area contributed by atoms with Gasteiger partial charge in [-0.05, 0) is 40.3 Å². The van der Waals surface area contributed by atoms with Gasteiger partial charge < -0.3 is 20.3 Å². The van der Waals surface area contributed by atoms with Gasteiger partial charge in [-0.25, -0.2) is 9.78 Å². The molecule has 1 saturated heterocycles. The van der Waals surface area contributed by atoms with E-state index in [-0.39, 0.29) is 6.03 Å². The quantitative estimate of drug-likeness (QED) is 0.552. The van der Waals surface area contributed by atoms with Crippen LogP contribution in [0.5, 0.6) is 0 Å². The summed E-state index contributed by atoms with van der Waals surface area (Å²) < 4.78 is 5.42. The zero-order valence-corrected chi connectivity index (χ0v) is 20.1. The van der Waals surface area contributed by atoms with E-state index in [0.29, 0.717) is 13.1 Å². The van der Waals surface area contributed by atoms with Crippen molar-refractivity contribution in [3.63, 3.8) is 0 Å². The molecule has 0 atom stereocenters. The third-order valence-corrected chi connectivity index (χ3v) is 6.67. The standard InChI is InChI=1S/C28H33N5O2/c34-28(30-17-22-4-3-5-23(16-22)20-32-12-14-35-15-13-32)31-19-24-8-9-27(29-18-24)33-11-10-25-6-1-2-7-26(25)21-33/h1-9,16,18H,10-15,17,19-21H2,(H2,30,31,34). The molecule has 2 N–H and O–H groups in total. The summed E-state index contributed by atoms with van der Waals surface area (Å²) >= 11 is 0. The van der Waals surface area contributed by atoms with E-state index in [2.05, 4.69) is 67.9 Å². The Hall–Kier alpha value is -3.42. The van der Waals surface area contributed by atoms with Gasteiger partial charge in [0.05, 0.1) is 13.2 Å². The highest BCUT2D eigenvalue weighted by Gasteiger charge is 2.17. The minimum Gasteiger partial charge on any atom is -0.379 e. The lowest BCUT2D eigenvalue weighted by Crippen LogP contribution is -2.36. The second kappa shape index (κ2) is 11.3. The zero-order valence-electron chi connectivity index (χ0n) is 20.1. The van der Waals surface area contributed by atoms with Crippen LogP contribution in [0.2, 0.25) is 0 Å². The van der Waals surface area contributed by atoms with Crippen LogP contribution in [0.15, 0.2) is 66.9 Å². The highest BCUT2D eigenvalue weighted by Crippen LogP contribution is 2.23. The summed E-state index contributed by atoms with van der Waals surface area (Å²) in [6, 6.07) is 20.9. The molecule has 0 aliphatic carbocycles. The fraction of sp³-hybridized carbons (Fsp3) is 0.357. The molecule has 7 heteroatoms. The van der Waals surface area contributed by atoms with Crippen molar-refractivity contribution >= 4 is 11.8 Å². The number of aromatic nitrogens is 1. The average Bonchev–Trinajstić information content (AvgIpc) is 2.91. The number of hydrogen-bond donors (Lipinski definition) is 2. The van der Waals surface area contributed by atoms with E-state index in [1.54, 1.807) is 0 Å². The van der Waals surface area contributed by atoms with Crippen LogP contribution in [0.3, 0.4) is 0 Å². The van der Waals surface area contributed by atoms with E-state index in [0.717, 1.165) is 69.3 Å². The summed E-state index contributed by atoms with van der Waals surface area (Å²) in [5.74, 6) is 0.977. The molecule has 5 rings (SSSR count). The predicted octanol–water partition coefficient (Wildman–Crippen LogP) is 3.48. The third-order valence-electron chi connectivity index (χ3n) is 6.67. The number of rotatable bonds is 7. The van der Waals surface area contributed by atoms with Crippen LogP contribution >= 0.6 is 0 Å². The molecule has 0 bridgehead atoms. The Morgan fingerprint density at radius 2 is 1.63 bits per heavy atom. The minimum absolute atomic E-state index is 0.180. The number of ether oxygens (including phenoxy) is 1. The van der Waals surface area contributed by atoms with E-state index in [1.807, 2.05) is 24.4 Å². The number of benzene rings is 2. The van der Waals surface area contributed by atoms with Gasteiger partial charge in [0.25, 0.3) is 0 Å². The molecule has 3 heterocycles. The smallest absolute Gasteiger partial charge is 0.315 e. The van der Waals surface area contributed by atoms with Crippen molar-refractivity contribution < 1.29 is 9.53 Å². The maximum absolute atomic E-state index is 12.3. The average molecular weight is 472 g/mol. The molecule has 7 nitrogen and oxygen atoms in total. The Morgan fingerprint density at radius 1 is 0.857 bits per heavy atom. The van der Waals surface area contributed by atoms with Crippen molar-refractivity contribution in [2.24, 2.45) is 0 Å². The molecule has 3 aromatic rings. The van der Waals surface area contributed by atoms with Crippen LogP contribution < -0.4 is 15.5 Å². The van der Waals surface area contributed by atoms with E-state index in [4.69, 9.17) is 4.74 Å². The molecule has 1 aromatic heterocycles. The molecule has 182 valence electrons. The van der Waals surface area contributed by atoms with Gasteiger partial charge in [-0.2, -0.15) is 0 Å². The lowest BCUT2D eigenvalue weighted by atomic mass is 10.00. The lowest BCUT2D eigenvalue weighted by Gasteiger charge is -2.29. The highest BCUT2D eigenvalue weighted by molar-refractivity contribution is 5.73. The van der Waals surface area contributed by atoms with Gasteiger partial charge in [0, 0.05) is 52.0 Å². The maximum Gasteiger partial charge on any atom is 0.315 e. The summed E-state index contributed by atoms with van der Waals surface area (Å²) in [6.07, 6.45) is 2.89. The number of hydrogen-bond acceptors (Lipinski definition) is 5. The summed E-state index contributed by atoms with van der Waals surface area (Å²) in [5, 5.41) is 5.90. The molecule has 2 amide bonds. The van der Waals surface area contributed by atoms with Crippen LogP contribution in [0.25, 0.3) is 0 Å². The van der Waals surface area contributed by atoms with Crippen molar-refractivity contribution in [3.05, 3.63) is 94.7 Å². The lowest BCUT2D eigenvalue weighted by molar-refractivity contribution is 0.0342. The van der Waals surface area contributed by atoms with Gasteiger partial charge in [-0.15, -0.1) is 0 Å². The first kappa shape index (κ1) is 23.3. The van der Waals surface area contributed by atoms with Crippen molar-refractivity contribution in [1.82, 2.24) is 20.5 Å². The summed E-state index contributed by atoms with van der Waals surface area (Å²) in [4.78, 5) is 21.7. The molecule has 35 heavy (non-hydrogen) atoms. The molecule has 0 spiro atoms. The number of carbonyl (C=O) groups excluding carboxylic acids is 1. The zero-order chi connectivity index (χ0) is 23.9. The monoisotopic (exact) mass is 471 g/mol. The van der Waals surface area contributed by atoms with Gasteiger partial charge in [0.1, 0.15) is 5.82 Å². The van der Waals surface area contributed by atoms with Crippen molar-refractivity contribution in [1.29, 1.82) is 0 Å². The first-order chi connectivity index (χ1) is 17.2. The second-order valence-corrected chi connectivity index (χ2v) is 9.21. The van der Waals surface area contributed by atoms with E-state index >= 15 is 0 Å². The number of carbonyl (C=O) groups is 1. The number of morpholine rings is 1. The summed E-state index contributed by atoms with van der Waals surface area (Å²) in [5.41, 5.74) is 6.14. The molecule has 0 radical (unpaired) electrons. The maximum atomic E-state index is 12.3. The number of fused-ring (bicyclic) bond motifs is 1. The van der Waals surface area contributed by atoms with E-state index in [1.165, 1.54) is 16.7 Å². The number of nitrogens with zero attached hydrogens (tertiary/aromatic N) is 3. The predicted molar refractivity (Wildman–Crippen MR) is 137 cm³/mol. The molecule has 0 saturated carbocycles. The van der Waals surface area contributed by atoms with Crippen LogP contribution in [-0.4, -0.2) is 48.8 Å². The van der Waals surface area contributed by atoms with Gasteiger partial charge in [-0.1, -0.05) is 54.6 Å². The molecule has 0 unspecified atom stereocenters. The van der Waals surface area contributed by atoms with Gasteiger partial charge in [0.15, 0.2) is 0 Å². The van der Waals surface area contributed by atoms with Crippen LogP contribution in [0.1, 0.15) is 27.8 Å². The van der Waals surface area contributed by atoms with Crippen molar-refractivity contribution in [2.45, 2.75) is 32.6 Å². The largest absolute Gasteiger partial charge is 0.379 e. The molecule has 1 fully saturated rings. The van der Waals surface area contributed by atoms with E-state index < -0.39 is 0 Å². The molecule has 2 aliphatic rings. The number of anilines is 1. The van der Waals surface area contributed by atoms with Crippen LogP contribution in [0.4, 0.5) is 10.6 Å². The Balaban J connectivity index is 1.07. The second-order valence-electron chi connectivity index (χ2n) is 9.21. The molecule has 2 aliphatic heterocycles. The number of pyridine rings is 1. The Morgan fingerprint density at radius 3 is 2.43 bits per heavy atom. The summed E-state index contributed by atoms with van der Waals surface area (Å²) in [6.45, 7) is 7.23.